The van der Waals surface area contributed by atoms with Gasteiger partial charge in [0.2, 0.25) is 0 Å². The molecule has 0 fully saturated rings. The first-order valence-electron chi connectivity index (χ1n) is 6.37. The molecule has 0 unspecified atom stereocenters. The summed E-state index contributed by atoms with van der Waals surface area (Å²) in [6.45, 7) is 9.42. The number of hydrogen-bond donors (Lipinski definition) is 1. The van der Waals surface area contributed by atoms with Gasteiger partial charge in [0, 0.05) is 34.8 Å². The van der Waals surface area contributed by atoms with Crippen LogP contribution in [0.25, 0.3) is 11.3 Å². The van der Waals surface area contributed by atoms with Crippen molar-refractivity contribution in [3.8, 4) is 11.3 Å². The molecule has 2 aromatic heterocycles. The summed E-state index contributed by atoms with van der Waals surface area (Å²) >= 11 is 1.70. The average Bonchev–Trinajstić information content (AvgIpc) is 2.84. The van der Waals surface area contributed by atoms with Crippen LogP contribution in [-0.2, 0) is 6.42 Å². The molecule has 3 nitrogen and oxygen atoms in total. The summed E-state index contributed by atoms with van der Waals surface area (Å²) in [5.41, 5.74) is 10.5. The van der Waals surface area contributed by atoms with Gasteiger partial charge in [-0.05, 0) is 40.3 Å². The maximum absolute atomic E-state index is 5.57. The van der Waals surface area contributed by atoms with E-state index in [2.05, 4.69) is 48.7 Å². The number of nitrogens with two attached hydrogens (primary N) is 1. The molecule has 2 heterocycles. The predicted octanol–water partition coefficient (Wildman–Crippen LogP) is 3.31. The zero-order chi connectivity index (χ0) is 13.3. The Bertz CT molecular complexity index is 537. The van der Waals surface area contributed by atoms with Crippen molar-refractivity contribution in [1.29, 1.82) is 0 Å². The minimum absolute atomic E-state index is 0.487. The zero-order valence-corrected chi connectivity index (χ0v) is 12.3. The third-order valence-electron chi connectivity index (χ3n) is 3.19. The van der Waals surface area contributed by atoms with E-state index < -0.39 is 0 Å². The van der Waals surface area contributed by atoms with Gasteiger partial charge in [-0.15, -0.1) is 11.3 Å². The van der Waals surface area contributed by atoms with Crippen molar-refractivity contribution in [1.82, 2.24) is 9.55 Å². The topological polar surface area (TPSA) is 43.8 Å². The van der Waals surface area contributed by atoms with Crippen LogP contribution in [0.1, 0.15) is 36.3 Å². The molecular weight excluding hydrogens is 242 g/mol. The molecule has 0 aliphatic rings. The van der Waals surface area contributed by atoms with Crippen molar-refractivity contribution in [2.45, 2.75) is 40.2 Å². The summed E-state index contributed by atoms with van der Waals surface area (Å²) in [6, 6.07) is 2.72. The molecule has 2 N–H and O–H groups in total. The van der Waals surface area contributed by atoms with E-state index in [1.54, 1.807) is 11.3 Å². The van der Waals surface area contributed by atoms with Gasteiger partial charge < -0.3 is 10.3 Å². The molecule has 2 aromatic rings. The molecule has 0 aliphatic carbocycles. The maximum atomic E-state index is 5.57. The summed E-state index contributed by atoms with van der Waals surface area (Å²) in [5, 5.41) is 3.26. The maximum Gasteiger partial charge on any atom is 0.0945 e. The third kappa shape index (κ3) is 2.35. The Morgan fingerprint density at radius 2 is 2.11 bits per heavy atom. The lowest BCUT2D eigenvalue weighted by molar-refractivity contribution is 0.575. The lowest BCUT2D eigenvalue weighted by atomic mass is 10.2. The lowest BCUT2D eigenvalue weighted by Crippen LogP contribution is -2.04. The van der Waals surface area contributed by atoms with Crippen LogP contribution in [0.3, 0.4) is 0 Å². The van der Waals surface area contributed by atoms with E-state index in [9.17, 15) is 0 Å². The second-order valence-corrected chi connectivity index (χ2v) is 5.86. The predicted molar refractivity (Wildman–Crippen MR) is 78.2 cm³/mol. The number of aromatic nitrogens is 2. The van der Waals surface area contributed by atoms with Gasteiger partial charge in [-0.1, -0.05) is 0 Å². The highest BCUT2D eigenvalue weighted by Crippen LogP contribution is 2.30. The Hall–Kier alpha value is -1.13. The van der Waals surface area contributed by atoms with Crippen LogP contribution in [0.4, 0.5) is 0 Å². The zero-order valence-electron chi connectivity index (χ0n) is 11.5. The standard InChI is InChI=1S/C14H21N3S/c1-9(2)17-10(3)7-12(11(17)4)13-8-18-14(16-13)5-6-15/h7-9H,5-6,15H2,1-4H3. The highest BCUT2D eigenvalue weighted by molar-refractivity contribution is 7.09. The second-order valence-electron chi connectivity index (χ2n) is 4.91. The third-order valence-corrected chi connectivity index (χ3v) is 4.10. The Morgan fingerprint density at radius 1 is 1.39 bits per heavy atom. The molecule has 0 aliphatic heterocycles. The van der Waals surface area contributed by atoms with Crippen molar-refractivity contribution >= 4 is 11.3 Å². The molecule has 0 spiro atoms. The van der Waals surface area contributed by atoms with E-state index in [1.807, 2.05) is 0 Å². The Balaban J connectivity index is 2.41. The van der Waals surface area contributed by atoms with E-state index in [4.69, 9.17) is 5.73 Å². The van der Waals surface area contributed by atoms with Gasteiger partial charge in [0.15, 0.2) is 0 Å². The van der Waals surface area contributed by atoms with Gasteiger partial charge in [0.25, 0.3) is 0 Å². The molecule has 4 heteroatoms. The van der Waals surface area contributed by atoms with Gasteiger partial charge in [-0.3, -0.25) is 0 Å². The van der Waals surface area contributed by atoms with Gasteiger partial charge in [0.1, 0.15) is 0 Å². The van der Waals surface area contributed by atoms with E-state index >= 15 is 0 Å². The number of hydrogen-bond acceptors (Lipinski definition) is 3. The first kappa shape index (κ1) is 13.3. The molecule has 0 aromatic carbocycles. The van der Waals surface area contributed by atoms with Gasteiger partial charge in [-0.2, -0.15) is 0 Å². The molecule has 2 rings (SSSR count). The smallest absolute Gasteiger partial charge is 0.0945 e. The summed E-state index contributed by atoms with van der Waals surface area (Å²) in [4.78, 5) is 4.67. The number of nitrogens with zero attached hydrogens (tertiary/aromatic N) is 2. The molecule has 0 atom stereocenters. The van der Waals surface area contributed by atoms with Crippen LogP contribution in [0, 0.1) is 13.8 Å². The summed E-state index contributed by atoms with van der Waals surface area (Å²) in [7, 11) is 0. The Kier molecular flexibility index (Phi) is 3.88. The Labute approximate surface area is 113 Å². The van der Waals surface area contributed by atoms with Crippen LogP contribution in [0.2, 0.25) is 0 Å². The van der Waals surface area contributed by atoms with Crippen LogP contribution in [-0.4, -0.2) is 16.1 Å². The number of rotatable bonds is 4. The summed E-state index contributed by atoms with van der Waals surface area (Å²) < 4.78 is 2.36. The molecular formula is C14H21N3S. The van der Waals surface area contributed by atoms with Crippen LogP contribution in [0.15, 0.2) is 11.4 Å². The molecule has 0 saturated carbocycles. The van der Waals surface area contributed by atoms with Crippen molar-refractivity contribution < 1.29 is 0 Å². The van der Waals surface area contributed by atoms with Crippen LogP contribution >= 0.6 is 11.3 Å². The van der Waals surface area contributed by atoms with E-state index in [-0.39, 0.29) is 0 Å². The quantitative estimate of drug-likeness (QED) is 0.919. The highest BCUT2D eigenvalue weighted by atomic mass is 32.1. The van der Waals surface area contributed by atoms with Crippen molar-refractivity contribution in [3.05, 3.63) is 27.8 Å². The molecule has 0 bridgehead atoms. The van der Waals surface area contributed by atoms with Crippen molar-refractivity contribution in [2.75, 3.05) is 6.54 Å². The molecule has 0 saturated heterocycles. The molecule has 98 valence electrons. The van der Waals surface area contributed by atoms with E-state index in [0.717, 1.165) is 17.1 Å². The minimum atomic E-state index is 0.487. The first-order valence-corrected chi connectivity index (χ1v) is 7.25. The van der Waals surface area contributed by atoms with Crippen molar-refractivity contribution in [2.24, 2.45) is 5.73 Å². The van der Waals surface area contributed by atoms with Crippen molar-refractivity contribution in [3.63, 3.8) is 0 Å². The number of aryl methyl sites for hydroxylation is 1. The SMILES string of the molecule is Cc1cc(-c2csc(CCN)n2)c(C)n1C(C)C. The fourth-order valence-corrected chi connectivity index (χ4v) is 3.32. The van der Waals surface area contributed by atoms with E-state index in [0.29, 0.717) is 12.6 Å². The van der Waals surface area contributed by atoms with Gasteiger partial charge in [-0.25, -0.2) is 4.98 Å². The largest absolute Gasteiger partial charge is 0.346 e. The number of thiazole rings is 1. The summed E-state index contributed by atoms with van der Waals surface area (Å²) in [6.07, 6.45) is 0.869. The average molecular weight is 263 g/mol. The fourth-order valence-electron chi connectivity index (χ4n) is 2.50. The summed E-state index contributed by atoms with van der Waals surface area (Å²) in [5.74, 6) is 0. The monoisotopic (exact) mass is 263 g/mol. The molecule has 0 radical (unpaired) electrons. The fraction of sp³-hybridized carbons (Fsp3) is 0.500. The molecule has 0 amide bonds. The Morgan fingerprint density at radius 3 is 2.67 bits per heavy atom. The van der Waals surface area contributed by atoms with Gasteiger partial charge >= 0.3 is 0 Å². The lowest BCUT2D eigenvalue weighted by Gasteiger charge is -2.13. The second kappa shape index (κ2) is 5.24. The molecule has 18 heavy (non-hydrogen) atoms. The first-order chi connectivity index (χ1) is 8.54. The minimum Gasteiger partial charge on any atom is -0.346 e. The van der Waals surface area contributed by atoms with Gasteiger partial charge in [0.05, 0.1) is 10.7 Å². The van der Waals surface area contributed by atoms with E-state index in [1.165, 1.54) is 17.0 Å². The van der Waals surface area contributed by atoms with Crippen LogP contribution < -0.4 is 5.73 Å². The highest BCUT2D eigenvalue weighted by Gasteiger charge is 2.14. The normalized spacial score (nSPS) is 11.4. The van der Waals surface area contributed by atoms with Crippen LogP contribution in [0.5, 0.6) is 0 Å².